The topological polar surface area (TPSA) is 3.24 Å². The van der Waals surface area contributed by atoms with Gasteiger partial charge in [0, 0.05) is 16.5 Å². The number of hydrogen-bond donors (Lipinski definition) is 0. The van der Waals surface area contributed by atoms with E-state index in [1.165, 1.54) is 93.9 Å². The molecule has 0 amide bonds. The second-order valence-electron chi connectivity index (χ2n) is 16.5. The minimum absolute atomic E-state index is 0.0218. The first-order valence-electron chi connectivity index (χ1n) is 18.6. The summed E-state index contributed by atoms with van der Waals surface area (Å²) >= 11 is 0. The van der Waals surface area contributed by atoms with Crippen LogP contribution in [0, 0.1) is 0 Å². The SMILES string of the molecule is C/C=C(\C=C/C(C)(C)P)N1c2ccc(-c3ccc4c5ccccc5c5ccccc5c4c3)cc2C(C)(C)c2cc3c(cc21)C(C)(C)c1ccccc1-3. The van der Waals surface area contributed by atoms with Crippen LogP contribution in [-0.2, 0) is 10.8 Å². The van der Waals surface area contributed by atoms with Crippen molar-refractivity contribution in [1.29, 1.82) is 0 Å². The highest BCUT2D eigenvalue weighted by atomic mass is 31.0. The van der Waals surface area contributed by atoms with Gasteiger partial charge in [-0.15, -0.1) is 9.24 Å². The Morgan fingerprint density at radius 3 is 1.73 bits per heavy atom. The van der Waals surface area contributed by atoms with Gasteiger partial charge in [-0.1, -0.05) is 145 Å². The van der Waals surface area contributed by atoms with E-state index in [-0.39, 0.29) is 16.0 Å². The monoisotopic (exact) mass is 691 g/mol. The van der Waals surface area contributed by atoms with Gasteiger partial charge in [-0.05, 0) is 125 Å². The number of hydrogen-bond acceptors (Lipinski definition) is 1. The highest BCUT2D eigenvalue weighted by Crippen LogP contribution is 2.57. The Kier molecular flexibility index (Phi) is 7.29. The quantitative estimate of drug-likeness (QED) is 0.101. The lowest BCUT2D eigenvalue weighted by atomic mass is 9.71. The van der Waals surface area contributed by atoms with Crippen molar-refractivity contribution in [3.05, 3.63) is 168 Å². The third-order valence-corrected chi connectivity index (χ3v) is 12.0. The van der Waals surface area contributed by atoms with Gasteiger partial charge in [-0.2, -0.15) is 0 Å². The molecule has 1 heterocycles. The van der Waals surface area contributed by atoms with Gasteiger partial charge in [0.25, 0.3) is 0 Å². The van der Waals surface area contributed by atoms with Crippen LogP contribution in [-0.4, -0.2) is 5.16 Å². The summed E-state index contributed by atoms with van der Waals surface area (Å²) in [5.74, 6) is 0. The number of benzene rings is 7. The summed E-state index contributed by atoms with van der Waals surface area (Å²) in [5, 5.41) is 7.80. The molecule has 1 aliphatic heterocycles. The number of nitrogens with zero attached hydrogens (tertiary/aromatic N) is 1. The minimum atomic E-state index is -0.240. The van der Waals surface area contributed by atoms with Gasteiger partial charge in [-0.3, -0.25) is 0 Å². The molecule has 52 heavy (non-hydrogen) atoms. The predicted molar refractivity (Wildman–Crippen MR) is 229 cm³/mol. The van der Waals surface area contributed by atoms with E-state index in [2.05, 4.69) is 202 Å². The molecule has 0 spiro atoms. The zero-order chi connectivity index (χ0) is 36.2. The molecule has 0 radical (unpaired) electrons. The minimum Gasteiger partial charge on any atom is -0.310 e. The average molecular weight is 692 g/mol. The first-order valence-corrected chi connectivity index (χ1v) is 19.2. The molecule has 2 heteroatoms. The van der Waals surface area contributed by atoms with Crippen LogP contribution in [0.15, 0.2) is 145 Å². The summed E-state index contributed by atoms with van der Waals surface area (Å²) in [6.07, 6.45) is 6.87. The number of fused-ring (bicyclic) bond motifs is 11. The molecule has 0 bridgehead atoms. The molecule has 0 saturated heterocycles. The zero-order valence-electron chi connectivity index (χ0n) is 31.3. The second kappa shape index (κ2) is 11.5. The first-order chi connectivity index (χ1) is 24.9. The van der Waals surface area contributed by atoms with Gasteiger partial charge < -0.3 is 4.90 Å². The van der Waals surface area contributed by atoms with Crippen LogP contribution in [0.4, 0.5) is 11.4 Å². The van der Waals surface area contributed by atoms with Gasteiger partial charge in [0.2, 0.25) is 0 Å². The Hall–Kier alpha value is -4.97. The Bertz CT molecular complexity index is 2640. The van der Waals surface area contributed by atoms with Crippen molar-refractivity contribution in [2.45, 2.75) is 64.5 Å². The zero-order valence-corrected chi connectivity index (χ0v) is 32.5. The molecule has 0 N–H and O–H groups in total. The molecule has 1 nitrogen and oxygen atoms in total. The van der Waals surface area contributed by atoms with E-state index in [0.29, 0.717) is 0 Å². The Labute approximate surface area is 310 Å². The average Bonchev–Trinajstić information content (AvgIpc) is 3.37. The van der Waals surface area contributed by atoms with Gasteiger partial charge in [-0.25, -0.2) is 0 Å². The number of rotatable bonds is 4. The highest BCUT2D eigenvalue weighted by molar-refractivity contribution is 7.19. The van der Waals surface area contributed by atoms with Crippen LogP contribution in [0.2, 0.25) is 0 Å². The van der Waals surface area contributed by atoms with Crippen molar-refractivity contribution in [2.75, 3.05) is 4.90 Å². The summed E-state index contributed by atoms with van der Waals surface area (Å²) < 4.78 is 0. The molecule has 9 rings (SSSR count). The summed E-state index contributed by atoms with van der Waals surface area (Å²) in [7, 11) is 2.98. The fraction of sp³-hybridized carbons (Fsp3) is 0.200. The third-order valence-electron chi connectivity index (χ3n) is 11.8. The van der Waals surface area contributed by atoms with Crippen LogP contribution in [0.5, 0.6) is 0 Å². The molecule has 7 aromatic rings. The van der Waals surface area contributed by atoms with Crippen molar-refractivity contribution < 1.29 is 0 Å². The molecule has 0 aromatic heterocycles. The molecular weight excluding hydrogens is 646 g/mol. The van der Waals surface area contributed by atoms with Gasteiger partial charge >= 0.3 is 0 Å². The molecule has 1 aliphatic carbocycles. The van der Waals surface area contributed by atoms with Crippen LogP contribution in [0.3, 0.4) is 0 Å². The van der Waals surface area contributed by atoms with E-state index < -0.39 is 0 Å². The molecular formula is C50H46NP. The van der Waals surface area contributed by atoms with Crippen molar-refractivity contribution in [2.24, 2.45) is 0 Å². The van der Waals surface area contributed by atoms with Crippen molar-refractivity contribution >= 4 is 52.9 Å². The molecule has 0 saturated carbocycles. The lowest BCUT2D eigenvalue weighted by Gasteiger charge is -2.43. The molecule has 2 aliphatic rings. The molecule has 0 fully saturated rings. The fourth-order valence-electron chi connectivity index (χ4n) is 9.07. The predicted octanol–water partition coefficient (Wildman–Crippen LogP) is 14.0. The van der Waals surface area contributed by atoms with E-state index in [9.17, 15) is 0 Å². The fourth-order valence-corrected chi connectivity index (χ4v) is 9.17. The van der Waals surface area contributed by atoms with Crippen LogP contribution < -0.4 is 4.90 Å². The maximum Gasteiger partial charge on any atom is 0.0505 e. The van der Waals surface area contributed by atoms with Crippen LogP contribution in [0.25, 0.3) is 54.6 Å². The maximum atomic E-state index is 2.98. The van der Waals surface area contributed by atoms with Crippen LogP contribution >= 0.6 is 9.24 Å². The van der Waals surface area contributed by atoms with E-state index in [1.54, 1.807) is 0 Å². The van der Waals surface area contributed by atoms with E-state index in [0.717, 1.165) is 0 Å². The third kappa shape index (κ3) is 4.86. The highest BCUT2D eigenvalue weighted by Gasteiger charge is 2.42. The maximum absolute atomic E-state index is 2.98. The standard InChI is InChI=1S/C50H46NP/c1-8-33(25-26-48(2,3)52)51-46-24-22-32(31-21-23-38-36-17-10-9-15-34(36)35-16-11-12-18-37(35)40(38)27-31)28-44(46)50(6,7)45-29-41-39-19-13-14-20-42(39)49(4,5)43(41)30-47(45)51/h8-30H,52H2,1-7H3/b26-25-,33-8+. The summed E-state index contributed by atoms with van der Waals surface area (Å²) in [5.41, 5.74) is 14.1. The van der Waals surface area contributed by atoms with Gasteiger partial charge in [0.1, 0.15) is 0 Å². The summed E-state index contributed by atoms with van der Waals surface area (Å²) in [6, 6.07) is 45.9. The summed E-state index contributed by atoms with van der Waals surface area (Å²) in [6.45, 7) is 16.2. The van der Waals surface area contributed by atoms with E-state index >= 15 is 0 Å². The number of anilines is 2. The molecule has 256 valence electrons. The molecule has 1 unspecified atom stereocenters. The Morgan fingerprint density at radius 1 is 0.538 bits per heavy atom. The van der Waals surface area contributed by atoms with Crippen molar-refractivity contribution in [3.8, 4) is 22.3 Å². The second-order valence-corrected chi connectivity index (χ2v) is 18.0. The number of allylic oxidation sites excluding steroid dienone is 3. The largest absolute Gasteiger partial charge is 0.310 e. The molecule has 1 atom stereocenters. The normalized spacial score (nSPS) is 16.0. The Morgan fingerprint density at radius 2 is 1.08 bits per heavy atom. The lowest BCUT2D eigenvalue weighted by molar-refractivity contribution is 0.626. The van der Waals surface area contributed by atoms with E-state index in [4.69, 9.17) is 0 Å². The smallest absolute Gasteiger partial charge is 0.0505 e. The Balaban J connectivity index is 1.27. The lowest BCUT2D eigenvalue weighted by Crippen LogP contribution is -2.33. The molecule has 7 aromatic carbocycles. The summed E-state index contributed by atoms with van der Waals surface area (Å²) in [4.78, 5) is 2.52. The van der Waals surface area contributed by atoms with Gasteiger partial charge in [0.15, 0.2) is 0 Å². The van der Waals surface area contributed by atoms with E-state index in [1.807, 2.05) is 0 Å². The van der Waals surface area contributed by atoms with Gasteiger partial charge in [0.05, 0.1) is 11.4 Å². The first kappa shape index (κ1) is 32.9. The van der Waals surface area contributed by atoms with Crippen molar-refractivity contribution in [1.82, 2.24) is 0 Å². The van der Waals surface area contributed by atoms with Crippen molar-refractivity contribution in [3.63, 3.8) is 0 Å². The van der Waals surface area contributed by atoms with Crippen LogP contribution in [0.1, 0.15) is 70.7 Å².